The number of methoxy groups -OCH3 is 2. The number of hydrogen-bond acceptors (Lipinski definition) is 4. The van der Waals surface area contributed by atoms with Crippen molar-refractivity contribution in [3.8, 4) is 11.5 Å². The summed E-state index contributed by atoms with van der Waals surface area (Å²) in [5, 5.41) is 0. The number of benzene rings is 3. The molecule has 0 aromatic heterocycles. The summed E-state index contributed by atoms with van der Waals surface area (Å²) >= 11 is 0. The highest BCUT2D eigenvalue weighted by atomic mass is 16.5. The lowest BCUT2D eigenvalue weighted by molar-refractivity contribution is -0.145. The lowest BCUT2D eigenvalue weighted by Gasteiger charge is -2.42. The Morgan fingerprint density at radius 2 is 1.47 bits per heavy atom. The van der Waals surface area contributed by atoms with E-state index in [9.17, 15) is 9.59 Å². The topological polar surface area (TPSA) is 59.1 Å². The number of carbonyl (C=O) groups is 2. The average Bonchev–Trinajstić information content (AvgIpc) is 3.03. The van der Waals surface area contributed by atoms with Crippen LogP contribution < -0.4 is 9.47 Å². The van der Waals surface area contributed by atoms with Crippen LogP contribution >= 0.6 is 0 Å². The van der Waals surface area contributed by atoms with Gasteiger partial charge in [0.25, 0.3) is 5.91 Å². The third-order valence-electron chi connectivity index (χ3n) is 7.57. The quantitative estimate of drug-likeness (QED) is 0.526. The van der Waals surface area contributed by atoms with E-state index in [1.807, 2.05) is 34.1 Å². The minimum atomic E-state index is -0.510. The van der Waals surface area contributed by atoms with Crippen molar-refractivity contribution in [2.45, 2.75) is 32.4 Å². The van der Waals surface area contributed by atoms with Crippen LogP contribution in [0.5, 0.6) is 11.5 Å². The molecule has 3 aromatic carbocycles. The highest BCUT2D eigenvalue weighted by Gasteiger charge is 2.46. The summed E-state index contributed by atoms with van der Waals surface area (Å²) in [6.07, 6.45) is 1.99. The van der Waals surface area contributed by atoms with E-state index >= 15 is 0 Å². The molecule has 5 rings (SSSR count). The maximum Gasteiger partial charge on any atom is 0.254 e. The standard InChI is InChI=1S/C30H32N2O4/c1-35-26-16-25(17-27(18-26)36-2)28(33)31-14-12-30(13-15-31)19-23-10-6-7-11-24(23)21-32(29(30)34)20-22-8-4-3-5-9-22/h3-11,16-18H,12-15,19-21H2,1-2H3. The molecule has 2 heterocycles. The van der Waals surface area contributed by atoms with Crippen molar-refractivity contribution in [1.29, 1.82) is 0 Å². The number of carbonyl (C=O) groups excluding carboxylic acids is 2. The van der Waals surface area contributed by atoms with Crippen molar-refractivity contribution in [2.24, 2.45) is 5.41 Å². The van der Waals surface area contributed by atoms with Crippen LogP contribution in [0.25, 0.3) is 0 Å². The minimum absolute atomic E-state index is 0.0651. The summed E-state index contributed by atoms with van der Waals surface area (Å²) in [5.74, 6) is 1.29. The van der Waals surface area contributed by atoms with E-state index in [2.05, 4.69) is 30.3 Å². The second-order valence-corrected chi connectivity index (χ2v) is 9.77. The smallest absolute Gasteiger partial charge is 0.254 e. The molecule has 0 radical (unpaired) electrons. The Morgan fingerprint density at radius 1 is 0.861 bits per heavy atom. The van der Waals surface area contributed by atoms with Gasteiger partial charge in [-0.3, -0.25) is 9.59 Å². The van der Waals surface area contributed by atoms with Crippen molar-refractivity contribution in [1.82, 2.24) is 9.80 Å². The molecule has 2 amide bonds. The number of amides is 2. The number of rotatable bonds is 5. The van der Waals surface area contributed by atoms with Crippen LogP contribution in [0, 0.1) is 5.41 Å². The van der Waals surface area contributed by atoms with Gasteiger partial charge in [-0.15, -0.1) is 0 Å². The zero-order valence-corrected chi connectivity index (χ0v) is 20.9. The minimum Gasteiger partial charge on any atom is -0.497 e. The molecule has 2 aliphatic heterocycles. The highest BCUT2D eigenvalue weighted by Crippen LogP contribution is 2.41. The Balaban J connectivity index is 1.39. The molecule has 0 bridgehead atoms. The normalized spacial score (nSPS) is 16.9. The van der Waals surface area contributed by atoms with E-state index in [1.54, 1.807) is 32.4 Å². The summed E-state index contributed by atoms with van der Waals surface area (Å²) < 4.78 is 10.7. The van der Waals surface area contributed by atoms with Crippen LogP contribution in [-0.2, 0) is 24.3 Å². The zero-order chi connectivity index (χ0) is 25.1. The number of fused-ring (bicyclic) bond motifs is 1. The number of ether oxygens (including phenoxy) is 2. The van der Waals surface area contributed by atoms with E-state index in [4.69, 9.17) is 9.47 Å². The van der Waals surface area contributed by atoms with E-state index in [0.29, 0.717) is 62.5 Å². The van der Waals surface area contributed by atoms with Gasteiger partial charge in [0.15, 0.2) is 0 Å². The molecule has 0 saturated carbocycles. The molecule has 1 spiro atoms. The van der Waals surface area contributed by atoms with Gasteiger partial charge >= 0.3 is 0 Å². The third kappa shape index (κ3) is 4.68. The zero-order valence-electron chi connectivity index (χ0n) is 20.9. The summed E-state index contributed by atoms with van der Waals surface area (Å²) in [6.45, 7) is 2.26. The largest absolute Gasteiger partial charge is 0.497 e. The van der Waals surface area contributed by atoms with Crippen molar-refractivity contribution in [3.63, 3.8) is 0 Å². The molecule has 3 aromatic rings. The molecule has 0 aliphatic carbocycles. The number of piperidine rings is 1. The van der Waals surface area contributed by atoms with Crippen LogP contribution in [0.4, 0.5) is 0 Å². The highest BCUT2D eigenvalue weighted by molar-refractivity contribution is 5.95. The molecule has 1 saturated heterocycles. The SMILES string of the molecule is COc1cc(OC)cc(C(=O)N2CCC3(CC2)Cc2ccccc2CN(Cc2ccccc2)C3=O)c1. The predicted molar refractivity (Wildman–Crippen MR) is 138 cm³/mol. The first-order valence-electron chi connectivity index (χ1n) is 12.4. The summed E-state index contributed by atoms with van der Waals surface area (Å²) in [4.78, 5) is 31.3. The number of nitrogens with zero attached hydrogens (tertiary/aromatic N) is 2. The Hall–Kier alpha value is -3.80. The van der Waals surface area contributed by atoms with Gasteiger partial charge in [-0.1, -0.05) is 54.6 Å². The molecule has 0 atom stereocenters. The third-order valence-corrected chi connectivity index (χ3v) is 7.57. The Bertz CT molecular complexity index is 1230. The van der Waals surface area contributed by atoms with E-state index in [1.165, 1.54) is 11.1 Å². The molecule has 6 nitrogen and oxygen atoms in total. The molecule has 2 aliphatic rings. The molecule has 1 fully saturated rings. The van der Waals surface area contributed by atoms with Crippen molar-refractivity contribution >= 4 is 11.8 Å². The Morgan fingerprint density at radius 3 is 2.11 bits per heavy atom. The van der Waals surface area contributed by atoms with Crippen molar-refractivity contribution in [2.75, 3.05) is 27.3 Å². The van der Waals surface area contributed by atoms with Crippen LogP contribution in [0.1, 0.15) is 39.9 Å². The van der Waals surface area contributed by atoms with Gasteiger partial charge in [-0.2, -0.15) is 0 Å². The van der Waals surface area contributed by atoms with Gasteiger partial charge in [0.05, 0.1) is 19.6 Å². The van der Waals surface area contributed by atoms with Crippen LogP contribution in [0.3, 0.4) is 0 Å². The first kappa shape index (κ1) is 23.9. The maximum absolute atomic E-state index is 14.1. The monoisotopic (exact) mass is 484 g/mol. The Kier molecular flexibility index (Phi) is 6.68. The molecule has 6 heteroatoms. The lowest BCUT2D eigenvalue weighted by Crippen LogP contribution is -2.51. The first-order valence-corrected chi connectivity index (χ1v) is 12.4. The summed E-state index contributed by atoms with van der Waals surface area (Å²) in [7, 11) is 3.15. The van der Waals surface area contributed by atoms with Crippen molar-refractivity contribution in [3.05, 3.63) is 95.1 Å². The lowest BCUT2D eigenvalue weighted by atomic mass is 9.72. The summed E-state index contributed by atoms with van der Waals surface area (Å²) in [5.41, 5.74) is 3.59. The van der Waals surface area contributed by atoms with E-state index < -0.39 is 5.41 Å². The van der Waals surface area contributed by atoms with Gasteiger partial charge in [0.1, 0.15) is 11.5 Å². The molecular weight excluding hydrogens is 452 g/mol. The molecule has 0 N–H and O–H groups in total. The van der Waals surface area contributed by atoms with Crippen LogP contribution in [0.2, 0.25) is 0 Å². The Labute approximate surface area is 212 Å². The second-order valence-electron chi connectivity index (χ2n) is 9.77. The van der Waals surface area contributed by atoms with Crippen molar-refractivity contribution < 1.29 is 19.1 Å². The fraction of sp³-hybridized carbons (Fsp3) is 0.333. The molecule has 0 unspecified atom stereocenters. The number of hydrogen-bond donors (Lipinski definition) is 0. The second kappa shape index (κ2) is 10.1. The summed E-state index contributed by atoms with van der Waals surface area (Å²) in [6, 6.07) is 23.8. The fourth-order valence-electron chi connectivity index (χ4n) is 5.51. The van der Waals surface area contributed by atoms with Crippen LogP contribution in [-0.4, -0.2) is 48.9 Å². The maximum atomic E-state index is 14.1. The van der Waals surface area contributed by atoms with Gasteiger partial charge in [-0.05, 0) is 48.1 Å². The van der Waals surface area contributed by atoms with Gasteiger partial charge in [0, 0.05) is 37.8 Å². The van der Waals surface area contributed by atoms with E-state index in [0.717, 1.165) is 5.56 Å². The average molecular weight is 485 g/mol. The number of likely N-dealkylation sites (tertiary alicyclic amines) is 1. The predicted octanol–water partition coefficient (Wildman–Crippen LogP) is 4.71. The van der Waals surface area contributed by atoms with Gasteiger partial charge in [0.2, 0.25) is 5.91 Å². The molecular formula is C30H32N2O4. The van der Waals surface area contributed by atoms with Gasteiger partial charge < -0.3 is 19.3 Å². The first-order chi connectivity index (χ1) is 17.5. The molecule has 36 heavy (non-hydrogen) atoms. The molecule has 186 valence electrons. The van der Waals surface area contributed by atoms with Crippen LogP contribution in [0.15, 0.2) is 72.8 Å². The van der Waals surface area contributed by atoms with E-state index in [-0.39, 0.29) is 11.8 Å². The fourth-order valence-corrected chi connectivity index (χ4v) is 5.51. The van der Waals surface area contributed by atoms with Gasteiger partial charge in [-0.25, -0.2) is 0 Å².